The van der Waals surface area contributed by atoms with Gasteiger partial charge in [-0.2, -0.15) is 0 Å². The number of likely N-dealkylation sites (N-methyl/N-ethyl adjacent to an activating group) is 1. The van der Waals surface area contributed by atoms with Crippen molar-refractivity contribution < 1.29 is 58.2 Å². The summed E-state index contributed by atoms with van der Waals surface area (Å²) in [6.07, 6.45) is 3.98. The Morgan fingerprint density at radius 3 is 2.64 bits per heavy atom. The maximum absolute atomic E-state index is 4.68. The first kappa shape index (κ1) is 10.8. The van der Waals surface area contributed by atoms with E-state index < -0.39 is 0 Å². The Labute approximate surface area is 118 Å². The van der Waals surface area contributed by atoms with E-state index in [1.165, 1.54) is 32.4 Å². The van der Waals surface area contributed by atoms with Crippen molar-refractivity contribution in [3.05, 3.63) is 5.32 Å². The molecular formula is C8H15N2Rb. The molecule has 2 fully saturated rings. The van der Waals surface area contributed by atoms with Gasteiger partial charge in [0.1, 0.15) is 0 Å². The van der Waals surface area contributed by atoms with Gasteiger partial charge in [0.2, 0.25) is 0 Å². The summed E-state index contributed by atoms with van der Waals surface area (Å²) in [5.41, 5.74) is 0.411. The Morgan fingerprint density at radius 2 is 2.18 bits per heavy atom. The van der Waals surface area contributed by atoms with E-state index in [0.717, 1.165) is 6.54 Å². The predicted octanol–water partition coefficient (Wildman–Crippen LogP) is -1.77. The zero-order valence-electron chi connectivity index (χ0n) is 7.64. The fraction of sp³-hybridized carbons (Fsp3) is 1.00. The molecule has 2 heterocycles. The first-order chi connectivity index (χ1) is 4.81. The van der Waals surface area contributed by atoms with Crippen LogP contribution < -0.4 is 58.2 Å². The van der Waals surface area contributed by atoms with Crippen molar-refractivity contribution in [1.29, 1.82) is 0 Å². The van der Waals surface area contributed by atoms with Crippen molar-refractivity contribution in [2.45, 2.75) is 24.8 Å². The van der Waals surface area contributed by atoms with Crippen LogP contribution >= 0.6 is 0 Å². The maximum Gasteiger partial charge on any atom is 1.00 e. The Hall–Kier alpha value is 1.73. The summed E-state index contributed by atoms with van der Waals surface area (Å²) in [4.78, 5) is 2.40. The van der Waals surface area contributed by atoms with E-state index in [1.807, 2.05) is 0 Å². The molecule has 2 nitrogen and oxygen atoms in total. The van der Waals surface area contributed by atoms with Gasteiger partial charge in [-0.3, -0.25) is 0 Å². The molecule has 2 aliphatic heterocycles. The van der Waals surface area contributed by atoms with Crippen molar-refractivity contribution in [3.8, 4) is 0 Å². The van der Waals surface area contributed by atoms with Crippen LogP contribution in [0.25, 0.3) is 5.32 Å². The zero-order chi connectivity index (χ0) is 7.03. The topological polar surface area (TPSA) is 17.3 Å². The summed E-state index contributed by atoms with van der Waals surface area (Å²) in [7, 11) is 2.20. The van der Waals surface area contributed by atoms with Crippen LogP contribution in [-0.4, -0.2) is 37.1 Å². The quantitative estimate of drug-likeness (QED) is 0.476. The van der Waals surface area contributed by atoms with Crippen LogP contribution in [0.4, 0.5) is 0 Å². The maximum atomic E-state index is 4.68. The van der Waals surface area contributed by atoms with Gasteiger partial charge in [0.25, 0.3) is 0 Å². The number of likely N-dealkylation sites (tertiary alicyclic amines) is 1. The Kier molecular flexibility index (Phi) is 4.22. The molecule has 0 aliphatic carbocycles. The molecule has 0 radical (unpaired) electrons. The predicted molar refractivity (Wildman–Crippen MR) is 42.3 cm³/mol. The molecule has 0 aromatic heterocycles. The van der Waals surface area contributed by atoms with Gasteiger partial charge in [-0.05, 0) is 20.1 Å². The van der Waals surface area contributed by atoms with Crippen molar-refractivity contribution in [2.24, 2.45) is 0 Å². The molecule has 2 rings (SSSR count). The third-order valence-electron chi connectivity index (χ3n) is 2.77. The minimum Gasteiger partial charge on any atom is -0.656 e. The minimum atomic E-state index is 0. The summed E-state index contributed by atoms with van der Waals surface area (Å²) >= 11 is 0. The van der Waals surface area contributed by atoms with Gasteiger partial charge in [0, 0.05) is 0 Å². The Morgan fingerprint density at radius 1 is 1.36 bits per heavy atom. The summed E-state index contributed by atoms with van der Waals surface area (Å²) in [6.45, 7) is 3.59. The Balaban J connectivity index is 0.000000605. The largest absolute Gasteiger partial charge is 1.00 e. The fourth-order valence-electron chi connectivity index (χ4n) is 2.20. The van der Waals surface area contributed by atoms with E-state index in [2.05, 4.69) is 17.3 Å². The van der Waals surface area contributed by atoms with Crippen molar-refractivity contribution >= 4 is 0 Å². The number of hydrogen-bond donors (Lipinski definition) is 0. The molecule has 58 valence electrons. The monoisotopic (exact) mass is 224 g/mol. The van der Waals surface area contributed by atoms with E-state index in [9.17, 15) is 0 Å². The van der Waals surface area contributed by atoms with Crippen LogP contribution in [-0.2, 0) is 0 Å². The number of rotatable bonds is 0. The molecule has 3 heteroatoms. The van der Waals surface area contributed by atoms with Crippen LogP contribution in [0.15, 0.2) is 0 Å². The molecular weight excluding hydrogens is 210 g/mol. The van der Waals surface area contributed by atoms with Crippen LogP contribution in [0.5, 0.6) is 0 Å². The average Bonchev–Trinajstić information content (AvgIpc) is 2.46. The van der Waals surface area contributed by atoms with E-state index in [4.69, 9.17) is 0 Å². The van der Waals surface area contributed by atoms with Crippen LogP contribution in [0, 0.1) is 0 Å². The molecule has 2 saturated heterocycles. The summed E-state index contributed by atoms with van der Waals surface area (Å²) in [6, 6.07) is 0. The van der Waals surface area contributed by atoms with Gasteiger partial charge in [-0.15, -0.1) is 12.1 Å². The summed E-state index contributed by atoms with van der Waals surface area (Å²) < 4.78 is 0. The van der Waals surface area contributed by atoms with Gasteiger partial charge < -0.3 is 10.2 Å². The van der Waals surface area contributed by atoms with Crippen LogP contribution in [0.1, 0.15) is 19.3 Å². The van der Waals surface area contributed by atoms with Crippen LogP contribution in [0.2, 0.25) is 0 Å². The molecule has 2 aliphatic rings. The smallest absolute Gasteiger partial charge is 0.656 e. The van der Waals surface area contributed by atoms with Crippen molar-refractivity contribution in [3.63, 3.8) is 0 Å². The third kappa shape index (κ3) is 2.35. The third-order valence-corrected chi connectivity index (χ3v) is 2.77. The SMILES string of the molecule is CN1CCC2(CCC[N-]2)C1.[Rb+]. The molecule has 0 aromatic rings. The van der Waals surface area contributed by atoms with Crippen molar-refractivity contribution in [2.75, 3.05) is 26.7 Å². The number of hydrogen-bond acceptors (Lipinski definition) is 1. The second kappa shape index (κ2) is 4.29. The normalized spacial score (nSPS) is 37.9. The first-order valence-corrected chi connectivity index (χ1v) is 4.18. The van der Waals surface area contributed by atoms with Gasteiger partial charge >= 0.3 is 58.2 Å². The van der Waals surface area contributed by atoms with Gasteiger partial charge in [0.15, 0.2) is 0 Å². The average molecular weight is 225 g/mol. The van der Waals surface area contributed by atoms with E-state index >= 15 is 0 Å². The van der Waals surface area contributed by atoms with E-state index in [-0.39, 0.29) is 58.2 Å². The second-order valence-corrected chi connectivity index (χ2v) is 3.70. The summed E-state index contributed by atoms with van der Waals surface area (Å²) in [5, 5.41) is 4.68. The van der Waals surface area contributed by atoms with Gasteiger partial charge in [-0.1, -0.05) is 19.3 Å². The first-order valence-electron chi connectivity index (χ1n) is 4.18. The minimum absolute atomic E-state index is 0. The molecule has 1 spiro atoms. The molecule has 1 atom stereocenters. The Bertz CT molecular complexity index is 132. The zero-order valence-corrected chi connectivity index (χ0v) is 12.6. The molecule has 1 unspecified atom stereocenters. The van der Waals surface area contributed by atoms with Gasteiger partial charge in [0.05, 0.1) is 0 Å². The molecule has 0 bridgehead atoms. The van der Waals surface area contributed by atoms with Crippen LogP contribution in [0.3, 0.4) is 0 Å². The molecule has 0 saturated carbocycles. The van der Waals surface area contributed by atoms with Crippen molar-refractivity contribution in [1.82, 2.24) is 4.90 Å². The second-order valence-electron chi connectivity index (χ2n) is 3.70. The molecule has 0 amide bonds. The summed E-state index contributed by atoms with van der Waals surface area (Å²) in [5.74, 6) is 0. The molecule has 0 aromatic carbocycles. The number of nitrogens with zero attached hydrogens (tertiary/aromatic N) is 2. The molecule has 0 N–H and O–H groups in total. The van der Waals surface area contributed by atoms with E-state index in [0.29, 0.717) is 5.54 Å². The fourth-order valence-corrected chi connectivity index (χ4v) is 2.20. The van der Waals surface area contributed by atoms with Gasteiger partial charge in [-0.25, -0.2) is 0 Å². The molecule has 11 heavy (non-hydrogen) atoms. The van der Waals surface area contributed by atoms with E-state index in [1.54, 1.807) is 0 Å². The standard InChI is InChI=1S/C8H15N2.Rb/c1-10-6-4-8(7-10)3-2-5-9-8;/h2-7H2,1H3;/q-1;+1.